The smallest absolute Gasteiger partial charge is 0.117 e. The maximum atomic E-state index is 5.64. The van der Waals surface area contributed by atoms with Crippen LogP contribution in [-0.2, 0) is 6.54 Å². The van der Waals surface area contributed by atoms with Crippen LogP contribution in [0, 0.1) is 12.3 Å². The first-order chi connectivity index (χ1) is 9.44. The minimum atomic E-state index is 0.284. The molecule has 108 valence electrons. The summed E-state index contributed by atoms with van der Waals surface area (Å²) in [5.74, 6) is 1.96. The van der Waals surface area contributed by atoms with Crippen molar-refractivity contribution in [2.24, 2.45) is 5.41 Å². The Hall–Kier alpha value is -1.54. The lowest BCUT2D eigenvalue weighted by molar-refractivity contribution is 0.303. The molecule has 0 spiro atoms. The van der Waals surface area contributed by atoms with E-state index >= 15 is 0 Å². The molecular formula is C18H25NO. The van der Waals surface area contributed by atoms with Crippen molar-refractivity contribution in [3.8, 4) is 0 Å². The van der Waals surface area contributed by atoms with Crippen LogP contribution in [0.3, 0.4) is 0 Å². The van der Waals surface area contributed by atoms with Crippen molar-refractivity contribution in [1.82, 2.24) is 5.32 Å². The van der Waals surface area contributed by atoms with E-state index in [4.69, 9.17) is 4.42 Å². The third-order valence-corrected chi connectivity index (χ3v) is 3.34. The third-order valence-electron chi connectivity index (χ3n) is 3.34. The van der Waals surface area contributed by atoms with E-state index in [-0.39, 0.29) is 5.41 Å². The molecule has 2 nitrogen and oxygen atoms in total. The zero-order valence-corrected chi connectivity index (χ0v) is 12.9. The van der Waals surface area contributed by atoms with E-state index in [1.165, 1.54) is 5.56 Å². The van der Waals surface area contributed by atoms with Crippen LogP contribution in [0.4, 0.5) is 0 Å². The van der Waals surface area contributed by atoms with Gasteiger partial charge in [-0.3, -0.25) is 0 Å². The first kappa shape index (κ1) is 14.9. The van der Waals surface area contributed by atoms with E-state index in [9.17, 15) is 0 Å². The molecule has 0 aliphatic heterocycles. The summed E-state index contributed by atoms with van der Waals surface area (Å²) in [5.41, 5.74) is 1.62. The molecule has 1 N–H and O–H groups in total. The van der Waals surface area contributed by atoms with Crippen LogP contribution in [0.15, 0.2) is 46.9 Å². The highest BCUT2D eigenvalue weighted by molar-refractivity contribution is 5.19. The first-order valence-electron chi connectivity index (χ1n) is 7.28. The lowest BCUT2D eigenvalue weighted by Crippen LogP contribution is -2.25. The van der Waals surface area contributed by atoms with Crippen LogP contribution in [0.2, 0.25) is 0 Å². The van der Waals surface area contributed by atoms with Gasteiger partial charge in [-0.15, -0.1) is 0 Å². The predicted octanol–water partition coefficient (Wildman–Crippen LogP) is 4.86. The van der Waals surface area contributed by atoms with Gasteiger partial charge in [0.25, 0.3) is 0 Å². The maximum absolute atomic E-state index is 5.64. The van der Waals surface area contributed by atoms with Crippen LogP contribution < -0.4 is 5.32 Å². The molecule has 0 bridgehead atoms. The Balaban J connectivity index is 2.07. The van der Waals surface area contributed by atoms with E-state index in [2.05, 4.69) is 56.4 Å². The monoisotopic (exact) mass is 271 g/mol. The van der Waals surface area contributed by atoms with Crippen LogP contribution in [0.1, 0.15) is 50.3 Å². The Morgan fingerprint density at radius 3 is 2.30 bits per heavy atom. The number of hydrogen-bond acceptors (Lipinski definition) is 2. The van der Waals surface area contributed by atoms with Gasteiger partial charge in [0, 0.05) is 6.04 Å². The van der Waals surface area contributed by atoms with Crippen LogP contribution in [-0.4, -0.2) is 0 Å². The molecular weight excluding hydrogens is 246 g/mol. The Morgan fingerprint density at radius 2 is 1.75 bits per heavy atom. The van der Waals surface area contributed by atoms with Crippen molar-refractivity contribution in [3.05, 3.63) is 59.5 Å². The number of nitrogens with one attached hydrogen (secondary N) is 1. The molecule has 0 aliphatic rings. The minimum absolute atomic E-state index is 0.284. The molecule has 1 atom stereocenters. The highest BCUT2D eigenvalue weighted by atomic mass is 16.3. The SMILES string of the molecule is Cc1ccc(CNC(CC(C)(C)C)c2ccccc2)o1. The van der Waals surface area contributed by atoms with Gasteiger partial charge in [-0.2, -0.15) is 0 Å². The van der Waals surface area contributed by atoms with Crippen molar-refractivity contribution >= 4 is 0 Å². The van der Waals surface area contributed by atoms with Crippen LogP contribution in [0.5, 0.6) is 0 Å². The maximum Gasteiger partial charge on any atom is 0.117 e. The lowest BCUT2D eigenvalue weighted by Gasteiger charge is -2.27. The van der Waals surface area contributed by atoms with Crippen molar-refractivity contribution < 1.29 is 4.42 Å². The average molecular weight is 271 g/mol. The molecule has 0 saturated heterocycles. The van der Waals surface area contributed by atoms with Gasteiger partial charge in [0.05, 0.1) is 6.54 Å². The Morgan fingerprint density at radius 1 is 1.05 bits per heavy atom. The summed E-state index contributed by atoms with van der Waals surface area (Å²) in [6.45, 7) is 9.59. The van der Waals surface area contributed by atoms with E-state index in [1.807, 2.05) is 19.1 Å². The van der Waals surface area contributed by atoms with Crippen molar-refractivity contribution in [1.29, 1.82) is 0 Å². The summed E-state index contributed by atoms with van der Waals surface area (Å²) in [5, 5.41) is 3.63. The van der Waals surface area contributed by atoms with E-state index < -0.39 is 0 Å². The molecule has 2 aromatic rings. The molecule has 0 radical (unpaired) electrons. The van der Waals surface area contributed by atoms with Crippen LogP contribution in [0.25, 0.3) is 0 Å². The zero-order valence-electron chi connectivity index (χ0n) is 12.9. The van der Waals surface area contributed by atoms with Crippen molar-refractivity contribution in [2.75, 3.05) is 0 Å². The molecule has 1 unspecified atom stereocenters. The second kappa shape index (κ2) is 6.27. The predicted molar refractivity (Wildman–Crippen MR) is 83.5 cm³/mol. The molecule has 2 rings (SSSR count). The average Bonchev–Trinajstić information content (AvgIpc) is 2.80. The molecule has 2 heteroatoms. The van der Waals surface area contributed by atoms with E-state index in [1.54, 1.807) is 0 Å². The molecule has 1 aromatic carbocycles. The second-order valence-electron chi connectivity index (χ2n) is 6.62. The van der Waals surface area contributed by atoms with Gasteiger partial charge in [0.1, 0.15) is 11.5 Å². The summed E-state index contributed by atoms with van der Waals surface area (Å²) >= 11 is 0. The van der Waals surface area contributed by atoms with Gasteiger partial charge >= 0.3 is 0 Å². The molecule has 0 saturated carbocycles. The van der Waals surface area contributed by atoms with Gasteiger partial charge in [0.2, 0.25) is 0 Å². The van der Waals surface area contributed by atoms with Gasteiger partial charge in [-0.1, -0.05) is 51.1 Å². The molecule has 20 heavy (non-hydrogen) atoms. The largest absolute Gasteiger partial charge is 0.465 e. The standard InChI is InChI=1S/C18H25NO/c1-14-10-11-16(20-14)13-19-17(12-18(2,3)4)15-8-6-5-7-9-15/h5-11,17,19H,12-13H2,1-4H3. The fourth-order valence-electron chi connectivity index (χ4n) is 2.41. The first-order valence-corrected chi connectivity index (χ1v) is 7.28. The Bertz CT molecular complexity index is 522. The van der Waals surface area contributed by atoms with E-state index in [0.29, 0.717) is 6.04 Å². The minimum Gasteiger partial charge on any atom is -0.465 e. The topological polar surface area (TPSA) is 25.2 Å². The number of aryl methyl sites for hydroxylation is 1. The lowest BCUT2D eigenvalue weighted by atomic mass is 9.85. The van der Waals surface area contributed by atoms with Gasteiger partial charge in [0.15, 0.2) is 0 Å². The van der Waals surface area contributed by atoms with E-state index in [0.717, 1.165) is 24.5 Å². The summed E-state index contributed by atoms with van der Waals surface area (Å²) in [4.78, 5) is 0. The molecule has 1 aromatic heterocycles. The molecule has 0 aliphatic carbocycles. The summed E-state index contributed by atoms with van der Waals surface area (Å²) in [6.07, 6.45) is 1.09. The van der Waals surface area contributed by atoms with Gasteiger partial charge in [-0.25, -0.2) is 0 Å². The van der Waals surface area contributed by atoms with Gasteiger partial charge < -0.3 is 9.73 Å². The number of furan rings is 1. The summed E-state index contributed by atoms with van der Waals surface area (Å²) in [6, 6.07) is 15.1. The van der Waals surface area contributed by atoms with Crippen molar-refractivity contribution in [3.63, 3.8) is 0 Å². The number of benzene rings is 1. The summed E-state index contributed by atoms with van der Waals surface area (Å²) in [7, 11) is 0. The Labute approximate surface area is 122 Å². The third kappa shape index (κ3) is 4.53. The normalized spacial score (nSPS) is 13.4. The fraction of sp³-hybridized carbons (Fsp3) is 0.444. The van der Waals surface area contributed by atoms with Crippen LogP contribution >= 0.6 is 0 Å². The Kier molecular flexibility index (Phi) is 4.66. The quantitative estimate of drug-likeness (QED) is 0.840. The highest BCUT2D eigenvalue weighted by Crippen LogP contribution is 2.29. The van der Waals surface area contributed by atoms with Gasteiger partial charge in [-0.05, 0) is 36.5 Å². The number of rotatable bonds is 5. The molecule has 0 amide bonds. The molecule has 0 fully saturated rings. The zero-order chi connectivity index (χ0) is 14.6. The fourth-order valence-corrected chi connectivity index (χ4v) is 2.41. The summed E-state index contributed by atoms with van der Waals surface area (Å²) < 4.78 is 5.64. The molecule has 1 heterocycles. The van der Waals surface area contributed by atoms with Crippen molar-refractivity contribution in [2.45, 2.75) is 46.7 Å². The number of hydrogen-bond donors (Lipinski definition) is 1. The highest BCUT2D eigenvalue weighted by Gasteiger charge is 2.20. The second-order valence-corrected chi connectivity index (χ2v) is 6.62.